The Morgan fingerprint density at radius 1 is 1.21 bits per heavy atom. The summed E-state index contributed by atoms with van der Waals surface area (Å²) in [6, 6.07) is 6.61. The quantitative estimate of drug-likeness (QED) is 0.480. The SMILES string of the molecule is C=C(C)Cn1c(SCC(=O)Nc2ccc(F)cc2F)nnc1-c1ccncc1. The van der Waals surface area contributed by atoms with Crippen LogP contribution in [0.2, 0.25) is 0 Å². The second-order valence-corrected chi connectivity index (χ2v) is 6.99. The second kappa shape index (κ2) is 8.75. The zero-order valence-corrected chi connectivity index (χ0v) is 15.8. The number of hydrogen-bond acceptors (Lipinski definition) is 5. The number of nitrogens with zero attached hydrogens (tertiary/aromatic N) is 4. The van der Waals surface area contributed by atoms with E-state index in [9.17, 15) is 13.6 Å². The van der Waals surface area contributed by atoms with Gasteiger partial charge in [0.2, 0.25) is 5.91 Å². The summed E-state index contributed by atoms with van der Waals surface area (Å²) in [5.41, 5.74) is 1.66. The van der Waals surface area contributed by atoms with Crippen LogP contribution in [0.1, 0.15) is 6.92 Å². The van der Waals surface area contributed by atoms with Crippen LogP contribution in [-0.4, -0.2) is 31.4 Å². The number of carbonyl (C=O) groups is 1. The van der Waals surface area contributed by atoms with E-state index in [-0.39, 0.29) is 11.4 Å². The van der Waals surface area contributed by atoms with E-state index in [1.54, 1.807) is 12.4 Å². The molecule has 0 fully saturated rings. The van der Waals surface area contributed by atoms with Crippen LogP contribution in [0.25, 0.3) is 11.4 Å². The van der Waals surface area contributed by atoms with Crippen LogP contribution in [-0.2, 0) is 11.3 Å². The molecule has 9 heteroatoms. The van der Waals surface area contributed by atoms with Gasteiger partial charge in [0.05, 0.1) is 11.4 Å². The number of benzene rings is 1. The van der Waals surface area contributed by atoms with Gasteiger partial charge in [0.15, 0.2) is 11.0 Å². The number of rotatable bonds is 7. The van der Waals surface area contributed by atoms with E-state index in [2.05, 4.69) is 27.1 Å². The molecule has 0 unspecified atom stereocenters. The molecule has 0 spiro atoms. The van der Waals surface area contributed by atoms with Gasteiger partial charge in [-0.25, -0.2) is 8.78 Å². The van der Waals surface area contributed by atoms with Crippen LogP contribution in [0, 0.1) is 11.6 Å². The molecule has 1 amide bonds. The van der Waals surface area contributed by atoms with Crippen molar-refractivity contribution in [3.63, 3.8) is 0 Å². The Morgan fingerprint density at radius 2 is 1.96 bits per heavy atom. The fourth-order valence-electron chi connectivity index (χ4n) is 2.43. The molecule has 0 aliphatic heterocycles. The lowest BCUT2D eigenvalue weighted by molar-refractivity contribution is -0.113. The number of allylic oxidation sites excluding steroid dienone is 1. The maximum atomic E-state index is 13.7. The average molecular weight is 401 g/mol. The summed E-state index contributed by atoms with van der Waals surface area (Å²) in [5, 5.41) is 11.3. The standard InChI is InChI=1S/C19H17F2N5OS/c1-12(2)10-26-18(13-5-7-22-8-6-13)24-25-19(26)28-11-17(27)23-16-4-3-14(20)9-15(16)21/h3-9H,1,10-11H2,2H3,(H,23,27). The minimum absolute atomic E-state index is 0.0124. The first-order valence-electron chi connectivity index (χ1n) is 8.29. The smallest absolute Gasteiger partial charge is 0.234 e. The number of halogens is 2. The van der Waals surface area contributed by atoms with E-state index in [0.29, 0.717) is 23.6 Å². The minimum Gasteiger partial charge on any atom is -0.323 e. The fraction of sp³-hybridized carbons (Fsp3) is 0.158. The van der Waals surface area contributed by atoms with Gasteiger partial charge < -0.3 is 5.32 Å². The summed E-state index contributed by atoms with van der Waals surface area (Å²) >= 11 is 1.16. The lowest BCUT2D eigenvalue weighted by Gasteiger charge is -2.10. The molecule has 0 atom stereocenters. The Bertz CT molecular complexity index is 1010. The maximum absolute atomic E-state index is 13.7. The van der Waals surface area contributed by atoms with E-state index >= 15 is 0 Å². The molecule has 2 heterocycles. The zero-order valence-electron chi connectivity index (χ0n) is 15.0. The highest BCUT2D eigenvalue weighted by molar-refractivity contribution is 7.99. The van der Waals surface area contributed by atoms with Crippen LogP contribution in [0.4, 0.5) is 14.5 Å². The Balaban J connectivity index is 1.74. The summed E-state index contributed by atoms with van der Waals surface area (Å²) in [6.45, 7) is 6.30. The molecule has 28 heavy (non-hydrogen) atoms. The molecular formula is C19H17F2N5OS. The first-order chi connectivity index (χ1) is 13.4. The number of thioether (sulfide) groups is 1. The molecule has 0 saturated heterocycles. The van der Waals surface area contributed by atoms with Gasteiger partial charge in [0, 0.05) is 30.6 Å². The Labute approximate surface area is 164 Å². The largest absolute Gasteiger partial charge is 0.323 e. The van der Waals surface area contributed by atoms with Crippen molar-refractivity contribution in [3.8, 4) is 11.4 Å². The molecule has 0 bridgehead atoms. The Kier molecular flexibility index (Phi) is 6.15. The van der Waals surface area contributed by atoms with E-state index in [0.717, 1.165) is 29.0 Å². The highest BCUT2D eigenvalue weighted by Crippen LogP contribution is 2.25. The van der Waals surface area contributed by atoms with E-state index in [4.69, 9.17) is 0 Å². The first kappa shape index (κ1) is 19.7. The van der Waals surface area contributed by atoms with Gasteiger partial charge >= 0.3 is 0 Å². The van der Waals surface area contributed by atoms with Crippen molar-refractivity contribution in [2.24, 2.45) is 0 Å². The van der Waals surface area contributed by atoms with Crippen LogP contribution in [0.3, 0.4) is 0 Å². The van der Waals surface area contributed by atoms with Crippen LogP contribution < -0.4 is 5.32 Å². The van der Waals surface area contributed by atoms with Crippen molar-refractivity contribution in [3.05, 3.63) is 66.5 Å². The number of aromatic nitrogens is 4. The van der Waals surface area contributed by atoms with Gasteiger partial charge in [-0.15, -0.1) is 10.2 Å². The summed E-state index contributed by atoms with van der Waals surface area (Å²) in [4.78, 5) is 16.2. The second-order valence-electron chi connectivity index (χ2n) is 6.05. The maximum Gasteiger partial charge on any atom is 0.234 e. The summed E-state index contributed by atoms with van der Waals surface area (Å²) in [7, 11) is 0. The lowest BCUT2D eigenvalue weighted by Crippen LogP contribution is -2.16. The number of nitrogens with one attached hydrogen (secondary N) is 1. The number of anilines is 1. The van der Waals surface area contributed by atoms with Crippen LogP contribution in [0.5, 0.6) is 0 Å². The van der Waals surface area contributed by atoms with Gasteiger partial charge in [-0.05, 0) is 31.2 Å². The van der Waals surface area contributed by atoms with Crippen molar-refractivity contribution in [1.29, 1.82) is 0 Å². The molecule has 2 aromatic heterocycles. The van der Waals surface area contributed by atoms with E-state index < -0.39 is 17.5 Å². The minimum atomic E-state index is -0.830. The molecule has 144 valence electrons. The highest BCUT2D eigenvalue weighted by atomic mass is 32.2. The van der Waals surface area contributed by atoms with Crippen molar-refractivity contribution in [1.82, 2.24) is 19.7 Å². The Morgan fingerprint density at radius 3 is 2.64 bits per heavy atom. The molecule has 1 N–H and O–H groups in total. The van der Waals surface area contributed by atoms with Crippen molar-refractivity contribution >= 4 is 23.4 Å². The first-order valence-corrected chi connectivity index (χ1v) is 9.28. The number of pyridine rings is 1. The summed E-state index contributed by atoms with van der Waals surface area (Å²) in [5.74, 6) is -1.35. The number of amides is 1. The van der Waals surface area contributed by atoms with E-state index in [1.807, 2.05) is 23.6 Å². The fourth-order valence-corrected chi connectivity index (χ4v) is 3.17. The topological polar surface area (TPSA) is 72.7 Å². The van der Waals surface area contributed by atoms with Gasteiger partial charge in [-0.1, -0.05) is 23.9 Å². The third-order valence-corrected chi connectivity index (χ3v) is 4.59. The summed E-state index contributed by atoms with van der Waals surface area (Å²) < 4.78 is 28.5. The summed E-state index contributed by atoms with van der Waals surface area (Å²) in [6.07, 6.45) is 3.32. The number of carbonyl (C=O) groups excluding carboxylic acids is 1. The highest BCUT2D eigenvalue weighted by Gasteiger charge is 2.16. The molecule has 6 nitrogen and oxygen atoms in total. The van der Waals surface area contributed by atoms with Gasteiger partial charge in [0.25, 0.3) is 0 Å². The Hall–Kier alpha value is -3.07. The van der Waals surface area contributed by atoms with Crippen molar-refractivity contribution in [2.45, 2.75) is 18.6 Å². The van der Waals surface area contributed by atoms with Crippen molar-refractivity contribution in [2.75, 3.05) is 11.1 Å². The molecule has 0 aliphatic rings. The predicted octanol–water partition coefficient (Wildman–Crippen LogP) is 3.93. The third kappa shape index (κ3) is 4.80. The van der Waals surface area contributed by atoms with Crippen LogP contribution >= 0.6 is 11.8 Å². The van der Waals surface area contributed by atoms with Crippen molar-refractivity contribution < 1.29 is 13.6 Å². The zero-order chi connectivity index (χ0) is 20.1. The monoisotopic (exact) mass is 401 g/mol. The molecule has 0 radical (unpaired) electrons. The lowest BCUT2D eigenvalue weighted by atomic mass is 10.2. The molecule has 3 aromatic rings. The van der Waals surface area contributed by atoms with E-state index in [1.165, 1.54) is 6.07 Å². The molecular weight excluding hydrogens is 384 g/mol. The molecule has 0 saturated carbocycles. The molecule has 0 aliphatic carbocycles. The normalized spacial score (nSPS) is 10.7. The van der Waals surface area contributed by atoms with Gasteiger partial charge in [-0.3, -0.25) is 14.3 Å². The van der Waals surface area contributed by atoms with Gasteiger partial charge in [0.1, 0.15) is 11.6 Å². The average Bonchev–Trinajstić information content (AvgIpc) is 3.05. The third-order valence-electron chi connectivity index (χ3n) is 3.62. The molecule has 3 rings (SSSR count). The molecule has 1 aromatic carbocycles. The number of hydrogen-bond donors (Lipinski definition) is 1. The predicted molar refractivity (Wildman–Crippen MR) is 104 cm³/mol. The van der Waals surface area contributed by atoms with Gasteiger partial charge in [-0.2, -0.15) is 0 Å². The van der Waals surface area contributed by atoms with Crippen LogP contribution in [0.15, 0.2) is 60.0 Å².